The molecule has 0 amide bonds. The zero-order valence-electron chi connectivity index (χ0n) is 21.7. The molecular weight excluding hydrogens is 440 g/mol. The van der Waals surface area contributed by atoms with E-state index in [9.17, 15) is 0 Å². The molecule has 3 aromatic rings. The molecule has 186 valence electrons. The first-order valence-electron chi connectivity index (χ1n) is 14.0. The summed E-state index contributed by atoms with van der Waals surface area (Å²) in [5.41, 5.74) is 7.41. The largest absolute Gasteiger partial charge is 0.373 e. The van der Waals surface area contributed by atoms with Gasteiger partial charge < -0.3 is 9.30 Å². The Labute approximate surface area is 215 Å². The van der Waals surface area contributed by atoms with Crippen molar-refractivity contribution in [3.05, 3.63) is 84.2 Å². The highest BCUT2D eigenvalue weighted by Gasteiger charge is 2.57. The standard InChI is InChI=1S/C33H38N2O/c1-32-18-16-25(36-21-23-8-4-3-5-9-23)20-24(32)12-13-26-27-14-15-31(33(27,2)19-17-28(26)32)35-22-34-29-10-6-7-11-30(29)35/h3-12,15,22,25-28H,13-14,16-21H2,1-2H3/t25-,26-,27-,28-,32-,33-/m0/s1. The van der Waals surface area contributed by atoms with Crippen molar-refractivity contribution < 1.29 is 4.74 Å². The van der Waals surface area contributed by atoms with Gasteiger partial charge in [0, 0.05) is 11.1 Å². The maximum atomic E-state index is 6.42. The lowest BCUT2D eigenvalue weighted by Crippen LogP contribution is -2.50. The number of imidazole rings is 1. The van der Waals surface area contributed by atoms with Crippen LogP contribution in [0.15, 0.2) is 78.6 Å². The predicted octanol–water partition coefficient (Wildman–Crippen LogP) is 8.04. The minimum atomic E-state index is 0.238. The van der Waals surface area contributed by atoms with Crippen molar-refractivity contribution in [2.45, 2.75) is 71.5 Å². The molecule has 0 aliphatic heterocycles. The van der Waals surface area contributed by atoms with Gasteiger partial charge in [0.15, 0.2) is 0 Å². The second-order valence-corrected chi connectivity index (χ2v) is 12.3. The normalized spacial score (nSPS) is 35.5. The number of para-hydroxylation sites is 2. The van der Waals surface area contributed by atoms with Crippen molar-refractivity contribution in [2.24, 2.45) is 28.6 Å². The highest BCUT2D eigenvalue weighted by molar-refractivity contribution is 5.80. The number of benzene rings is 2. The van der Waals surface area contributed by atoms with E-state index in [4.69, 9.17) is 9.72 Å². The first-order valence-corrected chi connectivity index (χ1v) is 14.0. The first-order chi connectivity index (χ1) is 17.6. The summed E-state index contributed by atoms with van der Waals surface area (Å²) in [4.78, 5) is 4.72. The average molecular weight is 479 g/mol. The van der Waals surface area contributed by atoms with Gasteiger partial charge >= 0.3 is 0 Å². The van der Waals surface area contributed by atoms with Crippen LogP contribution >= 0.6 is 0 Å². The summed E-state index contributed by atoms with van der Waals surface area (Å²) in [5.74, 6) is 2.31. The molecule has 0 unspecified atom stereocenters. The van der Waals surface area contributed by atoms with Gasteiger partial charge in [0.2, 0.25) is 0 Å². The molecule has 3 nitrogen and oxygen atoms in total. The fourth-order valence-corrected chi connectivity index (χ4v) is 8.63. The van der Waals surface area contributed by atoms with E-state index in [1.165, 1.54) is 55.3 Å². The maximum Gasteiger partial charge on any atom is 0.100 e. The third-order valence-electron chi connectivity index (χ3n) is 10.6. The third kappa shape index (κ3) is 3.39. The minimum Gasteiger partial charge on any atom is -0.373 e. The number of ether oxygens (including phenoxy) is 1. The molecule has 2 aromatic carbocycles. The van der Waals surface area contributed by atoms with Crippen LogP contribution in [0.1, 0.15) is 64.4 Å². The fourth-order valence-electron chi connectivity index (χ4n) is 8.63. The molecule has 0 spiro atoms. The monoisotopic (exact) mass is 478 g/mol. The fraction of sp³-hybridized carbons (Fsp3) is 0.485. The van der Waals surface area contributed by atoms with Crippen molar-refractivity contribution >= 4 is 16.7 Å². The van der Waals surface area contributed by atoms with E-state index < -0.39 is 0 Å². The zero-order chi connectivity index (χ0) is 24.3. The zero-order valence-corrected chi connectivity index (χ0v) is 21.7. The molecule has 0 saturated heterocycles. The molecule has 0 radical (unpaired) electrons. The van der Waals surface area contributed by atoms with Crippen LogP contribution in [0.4, 0.5) is 0 Å². The topological polar surface area (TPSA) is 27.1 Å². The number of allylic oxidation sites excluding steroid dienone is 3. The van der Waals surface area contributed by atoms with E-state index in [0.717, 1.165) is 36.3 Å². The van der Waals surface area contributed by atoms with Crippen LogP contribution in [0.2, 0.25) is 0 Å². The second-order valence-electron chi connectivity index (χ2n) is 12.3. The maximum absolute atomic E-state index is 6.42. The van der Waals surface area contributed by atoms with E-state index in [-0.39, 0.29) is 5.41 Å². The van der Waals surface area contributed by atoms with Crippen LogP contribution in [0.25, 0.3) is 16.7 Å². The first kappa shape index (κ1) is 22.5. The summed E-state index contributed by atoms with van der Waals surface area (Å²) in [6.45, 7) is 5.88. The van der Waals surface area contributed by atoms with Gasteiger partial charge in [-0.3, -0.25) is 0 Å². The predicted molar refractivity (Wildman–Crippen MR) is 146 cm³/mol. The van der Waals surface area contributed by atoms with E-state index in [0.29, 0.717) is 11.5 Å². The lowest BCUT2D eigenvalue weighted by atomic mass is 9.47. The van der Waals surface area contributed by atoms with Crippen LogP contribution < -0.4 is 0 Å². The van der Waals surface area contributed by atoms with Gasteiger partial charge in [0.1, 0.15) is 6.33 Å². The van der Waals surface area contributed by atoms with E-state index in [1.54, 1.807) is 5.57 Å². The van der Waals surface area contributed by atoms with Gasteiger partial charge in [-0.2, -0.15) is 0 Å². The van der Waals surface area contributed by atoms with Crippen molar-refractivity contribution in [1.29, 1.82) is 0 Å². The Morgan fingerprint density at radius 1 is 0.889 bits per heavy atom. The molecule has 36 heavy (non-hydrogen) atoms. The van der Waals surface area contributed by atoms with Crippen molar-refractivity contribution in [3.8, 4) is 0 Å². The lowest BCUT2D eigenvalue weighted by Gasteiger charge is -2.57. The molecule has 4 aliphatic rings. The van der Waals surface area contributed by atoms with Crippen molar-refractivity contribution in [2.75, 3.05) is 0 Å². The summed E-state index contributed by atoms with van der Waals surface area (Å²) in [6, 6.07) is 19.2. The van der Waals surface area contributed by atoms with Gasteiger partial charge in [-0.25, -0.2) is 4.98 Å². The SMILES string of the molecule is C[C@]12CC[C@H](OCc3ccccc3)CC1=CC[C@@H]1[C@@H]2CC[C@]2(C)C(n3cnc4ccccc43)=CC[C@@H]12. The van der Waals surface area contributed by atoms with E-state index >= 15 is 0 Å². The number of rotatable bonds is 4. The van der Waals surface area contributed by atoms with Crippen molar-refractivity contribution in [1.82, 2.24) is 9.55 Å². The highest BCUT2D eigenvalue weighted by Crippen LogP contribution is 2.65. The Kier molecular flexibility index (Phi) is 5.29. The lowest BCUT2D eigenvalue weighted by molar-refractivity contribution is -0.0428. The summed E-state index contributed by atoms with van der Waals surface area (Å²) < 4.78 is 8.82. The van der Waals surface area contributed by atoms with Crippen LogP contribution in [0.5, 0.6) is 0 Å². The molecule has 7 rings (SSSR count). The Morgan fingerprint density at radius 2 is 1.69 bits per heavy atom. The summed E-state index contributed by atoms with van der Waals surface area (Å²) >= 11 is 0. The molecular formula is C33H38N2O. The van der Waals surface area contributed by atoms with Crippen LogP contribution in [0, 0.1) is 28.6 Å². The van der Waals surface area contributed by atoms with E-state index in [1.807, 2.05) is 0 Å². The summed E-state index contributed by atoms with van der Waals surface area (Å²) in [6.07, 6.45) is 16.3. The molecule has 0 N–H and O–H groups in total. The molecule has 1 aromatic heterocycles. The Morgan fingerprint density at radius 3 is 2.58 bits per heavy atom. The Hall–Kier alpha value is -2.65. The smallest absolute Gasteiger partial charge is 0.100 e. The third-order valence-corrected chi connectivity index (χ3v) is 10.6. The van der Waals surface area contributed by atoms with Gasteiger partial charge in [-0.1, -0.05) is 74.0 Å². The average Bonchev–Trinajstić information content (AvgIpc) is 3.48. The van der Waals surface area contributed by atoms with E-state index in [2.05, 4.69) is 91.5 Å². The minimum absolute atomic E-state index is 0.238. The molecule has 6 atom stereocenters. The van der Waals surface area contributed by atoms with Crippen molar-refractivity contribution in [3.63, 3.8) is 0 Å². The molecule has 3 heteroatoms. The number of fused-ring (bicyclic) bond motifs is 6. The highest BCUT2D eigenvalue weighted by atomic mass is 16.5. The van der Waals surface area contributed by atoms with Gasteiger partial charge in [0.25, 0.3) is 0 Å². The number of hydrogen-bond acceptors (Lipinski definition) is 2. The van der Waals surface area contributed by atoms with Gasteiger partial charge in [0.05, 0.1) is 23.7 Å². The van der Waals surface area contributed by atoms with Gasteiger partial charge in [-0.15, -0.1) is 0 Å². The molecule has 0 bridgehead atoms. The second kappa shape index (κ2) is 8.45. The molecule has 4 aliphatic carbocycles. The number of nitrogens with zero attached hydrogens (tertiary/aromatic N) is 2. The number of aromatic nitrogens is 2. The quantitative estimate of drug-likeness (QED) is 0.355. The Bertz CT molecular complexity index is 1340. The Balaban J connectivity index is 1.11. The van der Waals surface area contributed by atoms with Crippen LogP contribution in [-0.2, 0) is 11.3 Å². The summed E-state index contributed by atoms with van der Waals surface area (Å²) in [5, 5.41) is 0. The molecule has 1 heterocycles. The van der Waals surface area contributed by atoms with Gasteiger partial charge in [-0.05, 0) is 85.8 Å². The van der Waals surface area contributed by atoms with Crippen LogP contribution in [0.3, 0.4) is 0 Å². The molecule has 2 fully saturated rings. The van der Waals surface area contributed by atoms with Crippen LogP contribution in [-0.4, -0.2) is 15.7 Å². The number of hydrogen-bond donors (Lipinski definition) is 0. The molecule has 2 saturated carbocycles. The summed E-state index contributed by atoms with van der Waals surface area (Å²) in [7, 11) is 0.